The number of morpholine rings is 1. The summed E-state index contributed by atoms with van der Waals surface area (Å²) in [6.45, 7) is 8.46. The molecule has 1 atom stereocenters. The summed E-state index contributed by atoms with van der Waals surface area (Å²) in [6.07, 6.45) is 1.23. The standard InChI is InChI=1S/C15H23NO/c1-13(2)10-15-12-17-9-8-16(15)11-14-6-4-3-5-7-14/h3-7,13,15H,8-12H2,1-2H3/t15-/m0/s1. The van der Waals surface area contributed by atoms with E-state index in [1.807, 2.05) is 0 Å². The second kappa shape index (κ2) is 6.18. The van der Waals surface area contributed by atoms with Gasteiger partial charge in [-0.2, -0.15) is 0 Å². The quantitative estimate of drug-likeness (QED) is 0.793. The highest BCUT2D eigenvalue weighted by molar-refractivity contribution is 5.14. The van der Waals surface area contributed by atoms with Crippen LogP contribution in [-0.2, 0) is 11.3 Å². The van der Waals surface area contributed by atoms with Gasteiger partial charge in [0.2, 0.25) is 0 Å². The molecule has 1 aromatic rings. The molecule has 0 spiro atoms. The lowest BCUT2D eigenvalue weighted by atomic mass is 10.0. The van der Waals surface area contributed by atoms with Gasteiger partial charge in [-0.1, -0.05) is 44.2 Å². The molecule has 1 aliphatic rings. The van der Waals surface area contributed by atoms with Crippen LogP contribution in [-0.4, -0.2) is 30.7 Å². The molecule has 2 heteroatoms. The Morgan fingerprint density at radius 2 is 2.06 bits per heavy atom. The monoisotopic (exact) mass is 233 g/mol. The molecular formula is C15H23NO. The maximum Gasteiger partial charge on any atom is 0.0622 e. The van der Waals surface area contributed by atoms with Gasteiger partial charge in [-0.05, 0) is 17.9 Å². The highest BCUT2D eigenvalue weighted by Crippen LogP contribution is 2.18. The van der Waals surface area contributed by atoms with Crippen LogP contribution >= 0.6 is 0 Å². The van der Waals surface area contributed by atoms with Crippen molar-refractivity contribution in [3.8, 4) is 0 Å². The molecule has 2 nitrogen and oxygen atoms in total. The van der Waals surface area contributed by atoms with E-state index in [-0.39, 0.29) is 0 Å². The van der Waals surface area contributed by atoms with E-state index >= 15 is 0 Å². The molecule has 2 rings (SSSR count). The molecule has 1 aliphatic heterocycles. The van der Waals surface area contributed by atoms with Gasteiger partial charge in [0.25, 0.3) is 0 Å². The highest BCUT2D eigenvalue weighted by Gasteiger charge is 2.23. The van der Waals surface area contributed by atoms with E-state index in [1.54, 1.807) is 0 Å². The van der Waals surface area contributed by atoms with Crippen LogP contribution < -0.4 is 0 Å². The van der Waals surface area contributed by atoms with Gasteiger partial charge in [-0.3, -0.25) is 4.90 Å². The summed E-state index contributed by atoms with van der Waals surface area (Å²) in [7, 11) is 0. The fraction of sp³-hybridized carbons (Fsp3) is 0.600. The molecule has 0 saturated carbocycles. The zero-order valence-corrected chi connectivity index (χ0v) is 10.9. The number of benzene rings is 1. The Bertz CT molecular complexity index is 323. The number of hydrogen-bond acceptors (Lipinski definition) is 2. The summed E-state index contributed by atoms with van der Waals surface area (Å²) >= 11 is 0. The van der Waals surface area contributed by atoms with Crippen molar-refractivity contribution in [1.82, 2.24) is 4.90 Å². The van der Waals surface area contributed by atoms with E-state index in [0.717, 1.165) is 32.2 Å². The lowest BCUT2D eigenvalue weighted by molar-refractivity contribution is -0.0186. The van der Waals surface area contributed by atoms with E-state index in [2.05, 4.69) is 49.1 Å². The average molecular weight is 233 g/mol. The van der Waals surface area contributed by atoms with Crippen LogP contribution in [0.3, 0.4) is 0 Å². The Kier molecular flexibility index (Phi) is 4.57. The molecule has 1 heterocycles. The van der Waals surface area contributed by atoms with E-state index in [1.165, 1.54) is 12.0 Å². The first kappa shape index (κ1) is 12.6. The van der Waals surface area contributed by atoms with Crippen LogP contribution in [0.15, 0.2) is 30.3 Å². The van der Waals surface area contributed by atoms with Gasteiger partial charge in [0.1, 0.15) is 0 Å². The largest absolute Gasteiger partial charge is 0.378 e. The number of hydrogen-bond donors (Lipinski definition) is 0. The third-order valence-electron chi connectivity index (χ3n) is 3.32. The molecule has 0 unspecified atom stereocenters. The van der Waals surface area contributed by atoms with Crippen LogP contribution in [0, 0.1) is 5.92 Å². The van der Waals surface area contributed by atoms with Gasteiger partial charge in [0, 0.05) is 19.1 Å². The lowest BCUT2D eigenvalue weighted by Crippen LogP contribution is -2.45. The van der Waals surface area contributed by atoms with Crippen molar-refractivity contribution in [1.29, 1.82) is 0 Å². The molecule has 1 fully saturated rings. The minimum absolute atomic E-state index is 0.587. The Balaban J connectivity index is 1.96. The molecule has 0 aliphatic carbocycles. The Hall–Kier alpha value is -0.860. The lowest BCUT2D eigenvalue weighted by Gasteiger charge is -2.36. The fourth-order valence-electron chi connectivity index (χ4n) is 2.48. The maximum atomic E-state index is 5.61. The molecule has 94 valence electrons. The van der Waals surface area contributed by atoms with Crippen molar-refractivity contribution in [3.05, 3.63) is 35.9 Å². The van der Waals surface area contributed by atoms with Crippen LogP contribution in [0.5, 0.6) is 0 Å². The van der Waals surface area contributed by atoms with Crippen molar-refractivity contribution < 1.29 is 4.74 Å². The van der Waals surface area contributed by atoms with Gasteiger partial charge in [-0.15, -0.1) is 0 Å². The molecule has 0 amide bonds. The fourth-order valence-corrected chi connectivity index (χ4v) is 2.48. The first-order chi connectivity index (χ1) is 8.25. The Labute approximate surface area is 105 Å². The second-order valence-corrected chi connectivity index (χ2v) is 5.31. The van der Waals surface area contributed by atoms with E-state index in [4.69, 9.17) is 4.74 Å². The molecule has 0 radical (unpaired) electrons. The van der Waals surface area contributed by atoms with Crippen LogP contribution in [0.2, 0.25) is 0 Å². The molecule has 1 aromatic carbocycles. The first-order valence-electron chi connectivity index (χ1n) is 6.61. The summed E-state index contributed by atoms with van der Waals surface area (Å²) in [4.78, 5) is 2.57. The number of nitrogens with zero attached hydrogens (tertiary/aromatic N) is 1. The van der Waals surface area contributed by atoms with Crippen LogP contribution in [0.4, 0.5) is 0 Å². The van der Waals surface area contributed by atoms with Crippen molar-refractivity contribution in [3.63, 3.8) is 0 Å². The smallest absolute Gasteiger partial charge is 0.0622 e. The van der Waals surface area contributed by atoms with Gasteiger partial charge in [-0.25, -0.2) is 0 Å². The average Bonchev–Trinajstić information content (AvgIpc) is 2.32. The number of ether oxygens (including phenoxy) is 1. The van der Waals surface area contributed by atoms with E-state index in [0.29, 0.717) is 6.04 Å². The molecule has 1 saturated heterocycles. The summed E-state index contributed by atoms with van der Waals surface area (Å²) < 4.78 is 5.61. The molecule has 17 heavy (non-hydrogen) atoms. The third-order valence-corrected chi connectivity index (χ3v) is 3.32. The van der Waals surface area contributed by atoms with Crippen molar-refractivity contribution in [2.45, 2.75) is 32.9 Å². The second-order valence-electron chi connectivity index (χ2n) is 5.31. The SMILES string of the molecule is CC(C)C[C@H]1COCCN1Cc1ccccc1. The molecule has 0 N–H and O–H groups in total. The predicted octanol–water partition coefficient (Wildman–Crippen LogP) is 2.93. The zero-order valence-electron chi connectivity index (χ0n) is 10.9. The first-order valence-corrected chi connectivity index (χ1v) is 6.61. The molecular weight excluding hydrogens is 210 g/mol. The third kappa shape index (κ3) is 3.83. The Morgan fingerprint density at radius 3 is 2.76 bits per heavy atom. The van der Waals surface area contributed by atoms with Crippen molar-refractivity contribution in [2.75, 3.05) is 19.8 Å². The van der Waals surface area contributed by atoms with Gasteiger partial charge in [0.15, 0.2) is 0 Å². The highest BCUT2D eigenvalue weighted by atomic mass is 16.5. The van der Waals surface area contributed by atoms with Crippen LogP contribution in [0.25, 0.3) is 0 Å². The van der Waals surface area contributed by atoms with E-state index < -0.39 is 0 Å². The van der Waals surface area contributed by atoms with Gasteiger partial charge >= 0.3 is 0 Å². The minimum atomic E-state index is 0.587. The van der Waals surface area contributed by atoms with Gasteiger partial charge in [0.05, 0.1) is 13.2 Å². The summed E-state index contributed by atoms with van der Waals surface area (Å²) in [5.74, 6) is 0.736. The topological polar surface area (TPSA) is 12.5 Å². The van der Waals surface area contributed by atoms with Crippen LogP contribution in [0.1, 0.15) is 25.8 Å². The summed E-state index contributed by atoms with van der Waals surface area (Å²) in [5, 5.41) is 0. The van der Waals surface area contributed by atoms with Crippen molar-refractivity contribution >= 4 is 0 Å². The minimum Gasteiger partial charge on any atom is -0.378 e. The normalized spacial score (nSPS) is 21.9. The summed E-state index contributed by atoms with van der Waals surface area (Å²) in [5.41, 5.74) is 1.41. The zero-order chi connectivity index (χ0) is 12.1. The summed E-state index contributed by atoms with van der Waals surface area (Å²) in [6, 6.07) is 11.3. The maximum absolute atomic E-state index is 5.61. The molecule has 0 bridgehead atoms. The van der Waals surface area contributed by atoms with Gasteiger partial charge < -0.3 is 4.74 Å². The van der Waals surface area contributed by atoms with E-state index in [9.17, 15) is 0 Å². The number of rotatable bonds is 4. The Morgan fingerprint density at radius 1 is 1.29 bits per heavy atom. The van der Waals surface area contributed by atoms with Crippen molar-refractivity contribution in [2.24, 2.45) is 5.92 Å². The predicted molar refractivity (Wildman–Crippen MR) is 70.9 cm³/mol. The molecule has 0 aromatic heterocycles.